The van der Waals surface area contributed by atoms with E-state index in [0.717, 1.165) is 39.0 Å². The standard InChI is InChI=1S/C17H34N2O2/c1-7-9-18-15-14(16(2,3)21-17(15,4)5)12-19-10-8-13(11-19)20-6/h13-15,18H,7-12H2,1-6H3. The third-order valence-electron chi connectivity index (χ3n) is 5.20. The predicted molar refractivity (Wildman–Crippen MR) is 86.7 cm³/mol. The summed E-state index contributed by atoms with van der Waals surface area (Å²) in [6.07, 6.45) is 2.72. The smallest absolute Gasteiger partial charge is 0.0790 e. The molecule has 4 heteroatoms. The van der Waals surface area contributed by atoms with E-state index in [-0.39, 0.29) is 11.2 Å². The number of methoxy groups -OCH3 is 1. The Bertz CT molecular complexity index is 344. The van der Waals surface area contributed by atoms with Crippen LogP contribution >= 0.6 is 0 Å². The van der Waals surface area contributed by atoms with Crippen LogP contribution in [0.4, 0.5) is 0 Å². The van der Waals surface area contributed by atoms with Crippen molar-refractivity contribution in [3.63, 3.8) is 0 Å². The lowest BCUT2D eigenvalue weighted by molar-refractivity contribution is -0.0794. The van der Waals surface area contributed by atoms with Crippen molar-refractivity contribution in [2.24, 2.45) is 5.92 Å². The van der Waals surface area contributed by atoms with Crippen LogP contribution in [-0.4, -0.2) is 61.5 Å². The van der Waals surface area contributed by atoms with Crippen LogP contribution in [0.1, 0.15) is 47.5 Å². The van der Waals surface area contributed by atoms with Crippen molar-refractivity contribution in [1.82, 2.24) is 10.2 Å². The van der Waals surface area contributed by atoms with E-state index < -0.39 is 0 Å². The molecule has 3 atom stereocenters. The molecule has 2 heterocycles. The molecule has 2 aliphatic heterocycles. The van der Waals surface area contributed by atoms with Gasteiger partial charge < -0.3 is 19.7 Å². The van der Waals surface area contributed by atoms with E-state index >= 15 is 0 Å². The monoisotopic (exact) mass is 298 g/mol. The van der Waals surface area contributed by atoms with E-state index in [9.17, 15) is 0 Å². The summed E-state index contributed by atoms with van der Waals surface area (Å²) in [5.41, 5.74) is -0.191. The third-order valence-corrected chi connectivity index (χ3v) is 5.20. The first kappa shape index (κ1) is 17.2. The molecule has 0 radical (unpaired) electrons. The second-order valence-electron chi connectivity index (χ2n) is 7.75. The van der Waals surface area contributed by atoms with Gasteiger partial charge in [0.2, 0.25) is 0 Å². The average molecular weight is 298 g/mol. The Morgan fingerprint density at radius 3 is 2.52 bits per heavy atom. The highest BCUT2D eigenvalue weighted by Gasteiger charge is 2.53. The fraction of sp³-hybridized carbons (Fsp3) is 1.00. The summed E-state index contributed by atoms with van der Waals surface area (Å²) in [5.74, 6) is 0.509. The van der Waals surface area contributed by atoms with Crippen molar-refractivity contribution < 1.29 is 9.47 Å². The van der Waals surface area contributed by atoms with Crippen molar-refractivity contribution in [2.75, 3.05) is 33.3 Å². The number of hydrogen-bond acceptors (Lipinski definition) is 4. The first-order chi connectivity index (χ1) is 9.80. The minimum absolute atomic E-state index is 0.0833. The Morgan fingerprint density at radius 1 is 1.24 bits per heavy atom. The van der Waals surface area contributed by atoms with Gasteiger partial charge in [-0.1, -0.05) is 6.92 Å². The normalized spacial score (nSPS) is 35.4. The molecule has 3 unspecified atom stereocenters. The van der Waals surface area contributed by atoms with Crippen LogP contribution < -0.4 is 5.32 Å². The summed E-state index contributed by atoms with van der Waals surface area (Å²) >= 11 is 0. The zero-order chi connectivity index (χ0) is 15.7. The minimum atomic E-state index is -0.107. The van der Waals surface area contributed by atoms with Gasteiger partial charge in [-0.2, -0.15) is 0 Å². The topological polar surface area (TPSA) is 33.7 Å². The Hall–Kier alpha value is -0.160. The molecule has 0 aromatic heterocycles. The lowest BCUT2D eigenvalue weighted by atomic mass is 9.82. The molecule has 0 spiro atoms. The molecule has 2 saturated heterocycles. The first-order valence-corrected chi connectivity index (χ1v) is 8.49. The lowest BCUT2D eigenvalue weighted by Gasteiger charge is -2.33. The van der Waals surface area contributed by atoms with Crippen LogP contribution in [-0.2, 0) is 9.47 Å². The van der Waals surface area contributed by atoms with Crippen LogP contribution in [0.3, 0.4) is 0 Å². The maximum atomic E-state index is 6.40. The summed E-state index contributed by atoms with van der Waals surface area (Å²) in [6, 6.07) is 0.411. The molecule has 0 aromatic carbocycles. The van der Waals surface area contributed by atoms with Gasteiger partial charge in [0.05, 0.1) is 17.3 Å². The summed E-state index contributed by atoms with van der Waals surface area (Å²) < 4.78 is 11.9. The third kappa shape index (κ3) is 3.79. The van der Waals surface area contributed by atoms with Crippen molar-refractivity contribution in [1.29, 1.82) is 0 Å². The number of likely N-dealkylation sites (tertiary alicyclic amines) is 1. The number of nitrogens with zero attached hydrogens (tertiary/aromatic N) is 1. The molecular formula is C17H34N2O2. The Kier molecular flexibility index (Phi) is 5.35. The van der Waals surface area contributed by atoms with Crippen LogP contribution in [0, 0.1) is 5.92 Å². The first-order valence-electron chi connectivity index (χ1n) is 8.49. The predicted octanol–water partition coefficient (Wildman–Crippen LogP) is 2.28. The molecule has 4 nitrogen and oxygen atoms in total. The van der Waals surface area contributed by atoms with E-state index in [0.29, 0.717) is 18.1 Å². The van der Waals surface area contributed by atoms with Crippen LogP contribution in [0.25, 0.3) is 0 Å². The highest BCUT2D eigenvalue weighted by Crippen LogP contribution is 2.43. The summed E-state index contributed by atoms with van der Waals surface area (Å²) in [4.78, 5) is 2.55. The zero-order valence-electron chi connectivity index (χ0n) is 14.7. The Morgan fingerprint density at radius 2 is 1.95 bits per heavy atom. The zero-order valence-corrected chi connectivity index (χ0v) is 14.7. The number of nitrogens with one attached hydrogen (secondary N) is 1. The van der Waals surface area contributed by atoms with Gasteiger partial charge >= 0.3 is 0 Å². The molecule has 1 N–H and O–H groups in total. The summed E-state index contributed by atoms with van der Waals surface area (Å²) in [5, 5.41) is 3.74. The summed E-state index contributed by atoms with van der Waals surface area (Å²) in [6.45, 7) is 15.5. The van der Waals surface area contributed by atoms with Crippen LogP contribution in [0.2, 0.25) is 0 Å². The molecule has 0 saturated carbocycles. The molecular weight excluding hydrogens is 264 g/mol. The second-order valence-corrected chi connectivity index (χ2v) is 7.75. The van der Waals surface area contributed by atoms with Gasteiger partial charge in [0.25, 0.3) is 0 Å². The van der Waals surface area contributed by atoms with Gasteiger partial charge in [-0.25, -0.2) is 0 Å². The number of ether oxygens (including phenoxy) is 2. The molecule has 0 bridgehead atoms. The number of hydrogen-bond donors (Lipinski definition) is 1. The average Bonchev–Trinajstić information content (AvgIpc) is 2.89. The van der Waals surface area contributed by atoms with Gasteiger partial charge in [-0.15, -0.1) is 0 Å². The highest BCUT2D eigenvalue weighted by molar-refractivity contribution is 5.06. The number of rotatable bonds is 6. The van der Waals surface area contributed by atoms with Crippen molar-refractivity contribution in [3.8, 4) is 0 Å². The van der Waals surface area contributed by atoms with E-state index in [1.54, 1.807) is 0 Å². The maximum Gasteiger partial charge on any atom is 0.0790 e. The van der Waals surface area contributed by atoms with Crippen LogP contribution in [0.5, 0.6) is 0 Å². The van der Waals surface area contributed by atoms with Gasteiger partial charge in [0, 0.05) is 38.7 Å². The molecule has 0 amide bonds. The second kappa shape index (κ2) is 6.53. The quantitative estimate of drug-likeness (QED) is 0.816. The fourth-order valence-electron chi connectivity index (χ4n) is 4.15. The minimum Gasteiger partial charge on any atom is -0.380 e. The highest BCUT2D eigenvalue weighted by atomic mass is 16.5. The van der Waals surface area contributed by atoms with Gasteiger partial charge in [0.1, 0.15) is 0 Å². The maximum absolute atomic E-state index is 6.40. The molecule has 2 fully saturated rings. The molecule has 2 aliphatic rings. The Labute approximate surface area is 130 Å². The van der Waals surface area contributed by atoms with Crippen molar-refractivity contribution >= 4 is 0 Å². The molecule has 2 rings (SSSR count). The molecule has 21 heavy (non-hydrogen) atoms. The van der Waals surface area contributed by atoms with Gasteiger partial charge in [0.15, 0.2) is 0 Å². The van der Waals surface area contributed by atoms with E-state index in [1.165, 1.54) is 0 Å². The van der Waals surface area contributed by atoms with E-state index in [1.807, 2.05) is 7.11 Å². The fourth-order valence-corrected chi connectivity index (χ4v) is 4.15. The van der Waals surface area contributed by atoms with Gasteiger partial charge in [-0.3, -0.25) is 0 Å². The summed E-state index contributed by atoms with van der Waals surface area (Å²) in [7, 11) is 1.82. The lowest BCUT2D eigenvalue weighted by Crippen LogP contribution is -2.51. The SMILES string of the molecule is CCCNC1C(CN2CCC(OC)C2)C(C)(C)OC1(C)C. The van der Waals surface area contributed by atoms with Crippen LogP contribution in [0.15, 0.2) is 0 Å². The van der Waals surface area contributed by atoms with Crippen molar-refractivity contribution in [2.45, 2.75) is 70.8 Å². The molecule has 124 valence electrons. The van der Waals surface area contributed by atoms with E-state index in [2.05, 4.69) is 44.8 Å². The largest absolute Gasteiger partial charge is 0.380 e. The molecule has 0 aromatic rings. The van der Waals surface area contributed by atoms with Gasteiger partial charge in [-0.05, 0) is 47.1 Å². The Balaban J connectivity index is 2.06. The van der Waals surface area contributed by atoms with E-state index in [4.69, 9.17) is 9.47 Å². The molecule has 0 aliphatic carbocycles. The van der Waals surface area contributed by atoms with Crippen molar-refractivity contribution in [3.05, 3.63) is 0 Å².